The van der Waals surface area contributed by atoms with Gasteiger partial charge in [0.05, 0.1) is 5.56 Å². The van der Waals surface area contributed by atoms with Gasteiger partial charge in [-0.25, -0.2) is 9.59 Å². The fraction of sp³-hybridized carbons (Fsp3) is 0.0833. The Morgan fingerprint density at radius 2 is 1.70 bits per heavy atom. The molecule has 0 radical (unpaired) electrons. The molecule has 6 nitrogen and oxygen atoms in total. The quantitative estimate of drug-likeness (QED) is 0.381. The van der Waals surface area contributed by atoms with Crippen LogP contribution < -0.4 is 9.47 Å². The van der Waals surface area contributed by atoms with E-state index in [-0.39, 0.29) is 18.9 Å². The molecule has 1 N–H and O–H groups in total. The van der Waals surface area contributed by atoms with E-state index >= 15 is 0 Å². The van der Waals surface area contributed by atoms with Crippen LogP contribution in [0, 0.1) is 0 Å². The van der Waals surface area contributed by atoms with Crippen molar-refractivity contribution in [2.75, 3.05) is 0 Å². The number of ether oxygens (including phenoxy) is 3. The van der Waals surface area contributed by atoms with Gasteiger partial charge in [-0.05, 0) is 30.3 Å². The molecule has 3 aromatic rings. The predicted octanol–water partition coefficient (Wildman–Crippen LogP) is 4.69. The normalized spacial score (nSPS) is 17.5. The van der Waals surface area contributed by atoms with Crippen molar-refractivity contribution >= 4 is 11.9 Å². The van der Waals surface area contributed by atoms with Gasteiger partial charge in [0, 0.05) is 34.9 Å². The van der Waals surface area contributed by atoms with Gasteiger partial charge in [-0.3, -0.25) is 0 Å². The first kappa shape index (κ1) is 19.3. The maximum Gasteiger partial charge on any atom is 0.340 e. The number of carbonyl (C=O) groups excluding carboxylic acids is 2. The minimum Gasteiger partial charge on any atom is -0.508 e. The number of rotatable bonds is 2. The summed E-state index contributed by atoms with van der Waals surface area (Å²) in [7, 11) is 0. The van der Waals surface area contributed by atoms with E-state index in [1.807, 2.05) is 12.1 Å². The molecule has 0 aromatic heterocycles. The molecule has 0 bridgehead atoms. The predicted molar refractivity (Wildman–Crippen MR) is 109 cm³/mol. The summed E-state index contributed by atoms with van der Waals surface area (Å²) in [5.74, 6) is -0.101. The van der Waals surface area contributed by atoms with Crippen molar-refractivity contribution in [3.05, 3.63) is 95.6 Å². The Bertz CT molecular complexity index is 1210. The number of phenolic OH excluding ortho intramolecular Hbond substituents is 1. The van der Waals surface area contributed by atoms with Crippen LogP contribution in [-0.2, 0) is 15.1 Å². The average molecular weight is 402 g/mol. The van der Waals surface area contributed by atoms with Crippen molar-refractivity contribution in [3.63, 3.8) is 0 Å². The Morgan fingerprint density at radius 1 is 1.00 bits per heavy atom. The molecule has 0 saturated carbocycles. The molecule has 2 aliphatic heterocycles. The van der Waals surface area contributed by atoms with E-state index in [0.29, 0.717) is 33.8 Å². The third-order valence-electron chi connectivity index (χ3n) is 5.05. The zero-order valence-electron chi connectivity index (χ0n) is 15.0. The fourth-order valence-corrected chi connectivity index (χ4v) is 3.87. The standard InChI is InChI=1S/C23H14O6.CH4/c1-2-21(25)27-14-8-10-18-20(12-14)28-19-11-13(24)7-9-17(19)23(18)16-6-4-3-5-15(16)22(26)29-23;/h2-12,24H,1H2;1H4. The first-order valence-electron chi connectivity index (χ1n) is 8.86. The van der Waals surface area contributed by atoms with E-state index in [4.69, 9.17) is 14.2 Å². The molecule has 0 fully saturated rings. The Balaban J connectivity index is 0.00000218. The Kier molecular flexibility index (Phi) is 4.35. The molecule has 6 heteroatoms. The molecule has 150 valence electrons. The molecule has 30 heavy (non-hydrogen) atoms. The second kappa shape index (κ2) is 6.77. The minimum absolute atomic E-state index is 0. The molecule has 1 unspecified atom stereocenters. The van der Waals surface area contributed by atoms with Crippen LogP contribution in [0.4, 0.5) is 0 Å². The van der Waals surface area contributed by atoms with Crippen molar-refractivity contribution < 1.29 is 28.9 Å². The van der Waals surface area contributed by atoms with Crippen LogP contribution in [0.25, 0.3) is 0 Å². The summed E-state index contributed by atoms with van der Waals surface area (Å²) in [4.78, 5) is 24.2. The highest BCUT2D eigenvalue weighted by atomic mass is 16.6. The lowest BCUT2D eigenvalue weighted by Crippen LogP contribution is -2.33. The van der Waals surface area contributed by atoms with Gasteiger partial charge < -0.3 is 19.3 Å². The highest BCUT2D eigenvalue weighted by molar-refractivity contribution is 5.97. The summed E-state index contributed by atoms with van der Waals surface area (Å²) in [6.45, 7) is 3.38. The third kappa shape index (κ3) is 2.58. The highest BCUT2D eigenvalue weighted by Gasteiger charge is 2.53. The highest BCUT2D eigenvalue weighted by Crippen LogP contribution is 2.56. The van der Waals surface area contributed by atoms with E-state index in [0.717, 1.165) is 6.08 Å². The van der Waals surface area contributed by atoms with Gasteiger partial charge in [0.15, 0.2) is 5.60 Å². The molecule has 1 atom stereocenters. The third-order valence-corrected chi connectivity index (χ3v) is 5.05. The first-order chi connectivity index (χ1) is 14.0. The molecule has 5 rings (SSSR count). The molecular weight excluding hydrogens is 384 g/mol. The van der Waals surface area contributed by atoms with Gasteiger partial charge in [0.2, 0.25) is 0 Å². The number of benzene rings is 3. The van der Waals surface area contributed by atoms with Crippen LogP contribution in [-0.4, -0.2) is 17.0 Å². The smallest absolute Gasteiger partial charge is 0.340 e. The number of carbonyl (C=O) groups is 2. The number of hydrogen-bond acceptors (Lipinski definition) is 6. The van der Waals surface area contributed by atoms with Crippen LogP contribution in [0.5, 0.6) is 23.0 Å². The summed E-state index contributed by atoms with van der Waals surface area (Å²) in [6.07, 6.45) is 1.06. The van der Waals surface area contributed by atoms with Crippen molar-refractivity contribution in [1.82, 2.24) is 0 Å². The van der Waals surface area contributed by atoms with E-state index in [9.17, 15) is 14.7 Å². The topological polar surface area (TPSA) is 82.1 Å². The summed E-state index contributed by atoms with van der Waals surface area (Å²) in [6, 6.07) is 16.6. The van der Waals surface area contributed by atoms with Crippen LogP contribution in [0.15, 0.2) is 73.3 Å². The Morgan fingerprint density at radius 3 is 2.47 bits per heavy atom. The molecule has 1 spiro atoms. The van der Waals surface area contributed by atoms with E-state index < -0.39 is 17.5 Å². The van der Waals surface area contributed by atoms with Crippen LogP contribution in [0.2, 0.25) is 0 Å². The largest absolute Gasteiger partial charge is 0.508 e. The zero-order chi connectivity index (χ0) is 20.2. The number of aromatic hydroxyl groups is 1. The average Bonchev–Trinajstić information content (AvgIpc) is 3.01. The molecular formula is C24H18O6. The first-order valence-corrected chi connectivity index (χ1v) is 8.86. The Labute approximate surface area is 172 Å². The molecule has 0 aliphatic carbocycles. The van der Waals surface area contributed by atoms with E-state index in [1.54, 1.807) is 36.4 Å². The second-order valence-electron chi connectivity index (χ2n) is 6.68. The van der Waals surface area contributed by atoms with E-state index in [1.165, 1.54) is 12.1 Å². The fourth-order valence-electron chi connectivity index (χ4n) is 3.87. The second-order valence-corrected chi connectivity index (χ2v) is 6.68. The maximum absolute atomic E-state index is 12.7. The lowest BCUT2D eigenvalue weighted by Gasteiger charge is -2.36. The number of fused-ring (bicyclic) bond motifs is 6. The maximum atomic E-state index is 12.7. The van der Waals surface area contributed by atoms with Crippen molar-refractivity contribution in [1.29, 1.82) is 0 Å². The molecule has 2 aliphatic rings. The van der Waals surface area contributed by atoms with Crippen LogP contribution in [0.1, 0.15) is 34.5 Å². The van der Waals surface area contributed by atoms with Crippen molar-refractivity contribution in [3.8, 4) is 23.0 Å². The lowest BCUT2D eigenvalue weighted by atomic mass is 9.77. The lowest BCUT2D eigenvalue weighted by molar-refractivity contribution is -0.128. The van der Waals surface area contributed by atoms with Gasteiger partial charge >= 0.3 is 11.9 Å². The SMILES string of the molecule is C.C=CC(=O)Oc1ccc2c(c1)Oc1cc(O)ccc1C21OC(=O)c2ccccc21. The van der Waals surface area contributed by atoms with Crippen molar-refractivity contribution in [2.24, 2.45) is 0 Å². The van der Waals surface area contributed by atoms with Gasteiger partial charge in [0.1, 0.15) is 23.0 Å². The molecule has 0 amide bonds. The summed E-state index contributed by atoms with van der Waals surface area (Å²) >= 11 is 0. The summed E-state index contributed by atoms with van der Waals surface area (Å²) < 4.78 is 17.1. The van der Waals surface area contributed by atoms with E-state index in [2.05, 4.69) is 6.58 Å². The number of phenols is 1. The number of esters is 2. The van der Waals surface area contributed by atoms with Gasteiger partial charge in [0.25, 0.3) is 0 Å². The zero-order valence-corrected chi connectivity index (χ0v) is 15.0. The van der Waals surface area contributed by atoms with Gasteiger partial charge in [-0.1, -0.05) is 32.2 Å². The molecule has 3 aromatic carbocycles. The monoisotopic (exact) mass is 402 g/mol. The van der Waals surface area contributed by atoms with Crippen molar-refractivity contribution in [2.45, 2.75) is 13.0 Å². The summed E-state index contributed by atoms with van der Waals surface area (Å²) in [5.41, 5.74) is 1.09. The summed E-state index contributed by atoms with van der Waals surface area (Å²) in [5, 5.41) is 9.95. The number of hydrogen-bond donors (Lipinski definition) is 1. The Hall–Kier alpha value is -4.06. The molecule has 0 saturated heterocycles. The van der Waals surface area contributed by atoms with Crippen LogP contribution in [0.3, 0.4) is 0 Å². The minimum atomic E-state index is -1.23. The molecule has 2 heterocycles. The van der Waals surface area contributed by atoms with Crippen LogP contribution >= 0.6 is 0 Å². The van der Waals surface area contributed by atoms with Gasteiger partial charge in [-0.2, -0.15) is 0 Å². The van der Waals surface area contributed by atoms with Gasteiger partial charge in [-0.15, -0.1) is 0 Å².